The van der Waals surface area contributed by atoms with Crippen molar-refractivity contribution in [2.75, 3.05) is 26.2 Å². The Morgan fingerprint density at radius 3 is 2.52 bits per heavy atom. The second kappa shape index (κ2) is 10.1. The van der Waals surface area contributed by atoms with Crippen LogP contribution in [-0.2, 0) is 9.59 Å². The molecule has 2 amide bonds. The Kier molecular flexibility index (Phi) is 7.76. The van der Waals surface area contributed by atoms with E-state index in [1.807, 2.05) is 0 Å². The van der Waals surface area contributed by atoms with E-state index in [1.165, 1.54) is 24.2 Å². The highest BCUT2D eigenvalue weighted by Gasteiger charge is 2.58. The number of allylic oxidation sites excluding steroid dienone is 3. The van der Waals surface area contributed by atoms with E-state index in [4.69, 9.17) is 0 Å². The molecule has 4 atom stereocenters. The quantitative estimate of drug-likeness (QED) is 0.131. The molecule has 0 aromatic rings. The summed E-state index contributed by atoms with van der Waals surface area (Å²) in [4.78, 5) is 31.5. The molecule has 3 aliphatic carbocycles. The van der Waals surface area contributed by atoms with Crippen LogP contribution in [0.2, 0.25) is 0 Å². The zero-order valence-electron chi connectivity index (χ0n) is 17.2. The van der Waals surface area contributed by atoms with Crippen molar-refractivity contribution in [2.24, 2.45) is 28.7 Å². The third-order valence-corrected chi connectivity index (χ3v) is 6.59. The first-order valence-corrected chi connectivity index (χ1v) is 10.9. The molecule has 4 aliphatic rings. The Hall–Kier alpha value is -1.38. The first-order chi connectivity index (χ1) is 13.7. The molecule has 0 aromatic heterocycles. The number of likely N-dealkylation sites (tertiary alicyclic amines) is 1. The lowest BCUT2D eigenvalue weighted by Crippen LogP contribution is -2.38. The molecule has 29 heavy (non-hydrogen) atoms. The molecule has 0 aromatic carbocycles. The Bertz CT molecular complexity index is 688. The van der Waals surface area contributed by atoms with E-state index in [9.17, 15) is 9.59 Å². The van der Waals surface area contributed by atoms with Crippen LogP contribution in [0, 0.1) is 23.7 Å². The molecule has 2 N–H and O–H groups in total. The van der Waals surface area contributed by atoms with E-state index in [-0.39, 0.29) is 59.5 Å². The van der Waals surface area contributed by atoms with E-state index in [1.54, 1.807) is 5.57 Å². The average molecular weight is 512 g/mol. The maximum atomic E-state index is 12.7. The summed E-state index contributed by atoms with van der Waals surface area (Å²) in [5, 5.41) is 6.66. The lowest BCUT2D eigenvalue weighted by molar-refractivity contribution is -0.140. The van der Waals surface area contributed by atoms with Crippen molar-refractivity contribution < 1.29 is 9.59 Å². The Balaban J connectivity index is 0.00000240. The number of nitrogens with zero attached hydrogens (tertiary/aromatic N) is 2. The van der Waals surface area contributed by atoms with Gasteiger partial charge in [-0.2, -0.15) is 0 Å². The minimum atomic E-state index is -0.0881. The minimum Gasteiger partial charge on any atom is -0.357 e. The van der Waals surface area contributed by atoms with Crippen molar-refractivity contribution in [2.45, 2.75) is 45.4 Å². The first-order valence-electron chi connectivity index (χ1n) is 10.9. The van der Waals surface area contributed by atoms with Crippen LogP contribution in [0.15, 0.2) is 28.8 Å². The van der Waals surface area contributed by atoms with Gasteiger partial charge < -0.3 is 10.6 Å². The van der Waals surface area contributed by atoms with Crippen LogP contribution < -0.4 is 10.6 Å². The van der Waals surface area contributed by atoms with Crippen molar-refractivity contribution in [1.82, 2.24) is 15.5 Å². The summed E-state index contributed by atoms with van der Waals surface area (Å²) in [5.41, 5.74) is 1.54. The van der Waals surface area contributed by atoms with Crippen molar-refractivity contribution in [3.63, 3.8) is 0 Å². The van der Waals surface area contributed by atoms with Crippen molar-refractivity contribution >= 4 is 41.8 Å². The van der Waals surface area contributed by atoms with Crippen LogP contribution >= 0.6 is 24.0 Å². The highest BCUT2D eigenvalue weighted by Crippen LogP contribution is 2.52. The maximum Gasteiger partial charge on any atom is 0.233 e. The van der Waals surface area contributed by atoms with Crippen LogP contribution in [0.4, 0.5) is 0 Å². The molecule has 2 bridgehead atoms. The molecule has 6 nitrogen and oxygen atoms in total. The number of carbonyl (C=O) groups is 2. The number of guanidine groups is 1. The van der Waals surface area contributed by atoms with Gasteiger partial charge in [-0.05, 0) is 57.3 Å². The molecule has 7 heteroatoms. The first kappa shape index (κ1) is 22.3. The number of fused-ring (bicyclic) bond motifs is 5. The molecule has 1 saturated carbocycles. The van der Waals surface area contributed by atoms with Crippen LogP contribution in [0.5, 0.6) is 0 Å². The number of aliphatic imine (C=N–C) groups is 1. The second-order valence-corrected chi connectivity index (χ2v) is 8.37. The van der Waals surface area contributed by atoms with E-state index >= 15 is 0 Å². The summed E-state index contributed by atoms with van der Waals surface area (Å²) in [6.45, 7) is 4.85. The molecule has 0 spiro atoms. The number of hydrogen-bond acceptors (Lipinski definition) is 3. The fourth-order valence-electron chi connectivity index (χ4n) is 5.25. The normalized spacial score (nSPS) is 29.9. The van der Waals surface area contributed by atoms with Crippen molar-refractivity contribution in [1.29, 1.82) is 0 Å². The van der Waals surface area contributed by atoms with E-state index in [2.05, 4.69) is 40.8 Å². The summed E-state index contributed by atoms with van der Waals surface area (Å²) in [7, 11) is 0. The number of carbonyl (C=O) groups excluding carboxylic acids is 2. The van der Waals surface area contributed by atoms with Gasteiger partial charge >= 0.3 is 0 Å². The van der Waals surface area contributed by atoms with Gasteiger partial charge in [0.05, 0.1) is 11.8 Å². The van der Waals surface area contributed by atoms with Gasteiger partial charge in [0, 0.05) is 26.2 Å². The van der Waals surface area contributed by atoms with E-state index < -0.39 is 0 Å². The van der Waals surface area contributed by atoms with Gasteiger partial charge in [0.1, 0.15) is 0 Å². The standard InChI is InChI=1S/C22H32N4O2.HI/c1-2-23-22(25-12-10-15-6-3-4-7-15)24-11-5-13-26-20(27)18-16-8-9-17(14-16)19(18)21(26)28;/h6,8-9,16-19H,2-5,7,10-14H2,1H3,(H2,23,24,25);1H. The third kappa shape index (κ3) is 4.70. The molecular formula is C22H33IN4O2. The lowest BCUT2D eigenvalue weighted by Gasteiger charge is -2.17. The maximum absolute atomic E-state index is 12.7. The average Bonchev–Trinajstić information content (AvgIpc) is 3.46. The van der Waals surface area contributed by atoms with Gasteiger partial charge in [-0.15, -0.1) is 24.0 Å². The molecule has 4 unspecified atom stereocenters. The summed E-state index contributed by atoms with van der Waals surface area (Å²) in [5.74, 6) is 1.31. The summed E-state index contributed by atoms with van der Waals surface area (Å²) < 4.78 is 0. The molecule has 160 valence electrons. The molecule has 2 fully saturated rings. The predicted molar refractivity (Wildman–Crippen MR) is 125 cm³/mol. The second-order valence-electron chi connectivity index (χ2n) is 8.37. The van der Waals surface area contributed by atoms with Crippen molar-refractivity contribution in [3.8, 4) is 0 Å². The predicted octanol–water partition coefficient (Wildman–Crippen LogP) is 2.86. The number of amides is 2. The molecule has 1 saturated heterocycles. The molecular weight excluding hydrogens is 479 g/mol. The Labute approximate surface area is 190 Å². The van der Waals surface area contributed by atoms with Gasteiger partial charge in [-0.3, -0.25) is 19.5 Å². The molecule has 4 rings (SSSR count). The fraction of sp³-hybridized carbons (Fsp3) is 0.682. The summed E-state index contributed by atoms with van der Waals surface area (Å²) >= 11 is 0. The highest BCUT2D eigenvalue weighted by molar-refractivity contribution is 14.0. The summed E-state index contributed by atoms with van der Waals surface area (Å²) in [6, 6.07) is 0. The van der Waals surface area contributed by atoms with E-state index in [0.717, 1.165) is 31.9 Å². The van der Waals surface area contributed by atoms with Crippen molar-refractivity contribution in [3.05, 3.63) is 23.8 Å². The number of rotatable bonds is 8. The van der Waals surface area contributed by atoms with Gasteiger partial charge in [0.25, 0.3) is 0 Å². The molecule has 0 radical (unpaired) electrons. The Morgan fingerprint density at radius 2 is 1.90 bits per heavy atom. The van der Waals surface area contributed by atoms with Crippen LogP contribution in [0.3, 0.4) is 0 Å². The number of nitrogens with one attached hydrogen (secondary N) is 2. The zero-order chi connectivity index (χ0) is 19.5. The SMILES string of the molecule is CCNC(=NCCCN1C(=O)C2C3C=CC(C3)C2C1=O)NCCC1=CCCC1.I. The number of hydrogen-bond donors (Lipinski definition) is 2. The van der Waals surface area contributed by atoms with Gasteiger partial charge in [0.15, 0.2) is 5.96 Å². The van der Waals surface area contributed by atoms with Crippen LogP contribution in [0.25, 0.3) is 0 Å². The van der Waals surface area contributed by atoms with Crippen LogP contribution in [-0.4, -0.2) is 48.9 Å². The fourth-order valence-corrected chi connectivity index (χ4v) is 5.25. The number of halogens is 1. The third-order valence-electron chi connectivity index (χ3n) is 6.59. The smallest absolute Gasteiger partial charge is 0.233 e. The Morgan fingerprint density at radius 1 is 1.17 bits per heavy atom. The highest BCUT2D eigenvalue weighted by atomic mass is 127. The zero-order valence-corrected chi connectivity index (χ0v) is 19.6. The molecule has 1 aliphatic heterocycles. The van der Waals surface area contributed by atoms with Gasteiger partial charge in [-0.1, -0.05) is 23.8 Å². The minimum absolute atomic E-state index is 0. The topological polar surface area (TPSA) is 73.8 Å². The van der Waals surface area contributed by atoms with Crippen LogP contribution in [0.1, 0.15) is 45.4 Å². The van der Waals surface area contributed by atoms with Gasteiger partial charge in [0.2, 0.25) is 11.8 Å². The number of imide groups is 1. The van der Waals surface area contributed by atoms with Gasteiger partial charge in [-0.25, -0.2) is 0 Å². The lowest BCUT2D eigenvalue weighted by atomic mass is 9.85. The van der Waals surface area contributed by atoms with E-state index in [0.29, 0.717) is 19.5 Å². The largest absolute Gasteiger partial charge is 0.357 e. The molecule has 1 heterocycles. The summed E-state index contributed by atoms with van der Waals surface area (Å²) in [6.07, 6.45) is 13.1. The monoisotopic (exact) mass is 512 g/mol.